The quantitative estimate of drug-likeness (QED) is 0.104. The van der Waals surface area contributed by atoms with E-state index < -0.39 is 5.97 Å². The van der Waals surface area contributed by atoms with Gasteiger partial charge in [-0.2, -0.15) is 0 Å². The second-order valence-corrected chi connectivity index (χ2v) is 17.3. The number of hydrogen-bond donors (Lipinski definition) is 5. The molecular weight excluding hydrogens is 763 g/mol. The average Bonchev–Trinajstić information content (AvgIpc) is 3.28. The van der Waals surface area contributed by atoms with E-state index in [0.29, 0.717) is 18.4 Å². The van der Waals surface area contributed by atoms with Crippen LogP contribution in [0.2, 0.25) is 0 Å². The fourth-order valence-electron chi connectivity index (χ4n) is 9.05. The number of nitrogens with zero attached hydrogens (tertiary/aromatic N) is 3. The number of nitrogens with one attached hydrogen (secondary N) is 3. The van der Waals surface area contributed by atoms with Crippen LogP contribution in [-0.2, 0) is 53.3 Å². The Morgan fingerprint density at radius 3 is 1.61 bits per heavy atom. The third-order valence-corrected chi connectivity index (χ3v) is 12.8. The number of fused-ring (bicyclic) bond motifs is 3. The fourth-order valence-corrected chi connectivity index (χ4v) is 9.05. The molecule has 8 rings (SSSR count). The summed E-state index contributed by atoms with van der Waals surface area (Å²) in [4.78, 5) is 41.9. The van der Waals surface area contributed by atoms with Crippen molar-refractivity contribution in [2.75, 3.05) is 68.7 Å². The van der Waals surface area contributed by atoms with Crippen molar-refractivity contribution in [2.24, 2.45) is 11.8 Å². The van der Waals surface area contributed by atoms with Crippen LogP contribution in [0.3, 0.4) is 0 Å². The Balaban J connectivity index is 0.000000160. The summed E-state index contributed by atoms with van der Waals surface area (Å²) in [6, 6.07) is 18.5. The molecule has 2 fully saturated rings. The molecule has 3 aromatic rings. The van der Waals surface area contributed by atoms with Crippen molar-refractivity contribution in [1.82, 2.24) is 20.0 Å². The van der Waals surface area contributed by atoms with Crippen molar-refractivity contribution < 1.29 is 19.5 Å². The Hall–Kier alpha value is -4.81. The maximum absolute atomic E-state index is 12.1. The molecule has 328 valence electrons. The van der Waals surface area contributed by atoms with Crippen molar-refractivity contribution >= 4 is 34.8 Å². The van der Waals surface area contributed by atoms with Gasteiger partial charge < -0.3 is 26.8 Å². The van der Waals surface area contributed by atoms with Crippen molar-refractivity contribution in [2.45, 2.75) is 97.7 Å². The number of carboxylic acid groups (broad SMARTS) is 1. The topological polar surface area (TPSA) is 143 Å². The number of nitrogen functional groups attached to an aromatic ring is 1. The highest BCUT2D eigenvalue weighted by atomic mass is 16.4. The summed E-state index contributed by atoms with van der Waals surface area (Å²) >= 11 is 0. The number of carbonyl (C=O) groups excluding carboxylic acids is 2. The second kappa shape index (κ2) is 23.4. The first kappa shape index (κ1) is 45.7. The lowest BCUT2D eigenvalue weighted by molar-refractivity contribution is -0.138. The van der Waals surface area contributed by atoms with Crippen molar-refractivity contribution in [3.05, 3.63) is 112 Å². The molecule has 0 unspecified atom stereocenters. The number of hydrogen-bond acceptors (Lipinski definition) is 8. The third kappa shape index (κ3) is 14.7. The second-order valence-electron chi connectivity index (χ2n) is 17.3. The maximum atomic E-state index is 12.1. The third-order valence-electron chi connectivity index (χ3n) is 12.8. The van der Waals surface area contributed by atoms with E-state index in [-0.39, 0.29) is 18.4 Å². The van der Waals surface area contributed by atoms with E-state index in [1.807, 2.05) is 41.3 Å². The van der Waals surface area contributed by atoms with Crippen LogP contribution in [0.15, 0.2) is 78.9 Å². The van der Waals surface area contributed by atoms with Gasteiger partial charge >= 0.3 is 5.97 Å². The molecule has 0 bridgehead atoms. The first-order valence-corrected chi connectivity index (χ1v) is 22.8. The number of carbonyl (C=O) groups is 3. The minimum absolute atomic E-state index is 0.00141. The maximum Gasteiger partial charge on any atom is 0.317 e. The zero-order chi connectivity index (χ0) is 43.0. The highest BCUT2D eigenvalue weighted by Gasteiger charge is 2.20. The van der Waals surface area contributed by atoms with Gasteiger partial charge in [-0.05, 0) is 165 Å². The summed E-state index contributed by atoms with van der Waals surface area (Å²) < 4.78 is 0. The summed E-state index contributed by atoms with van der Waals surface area (Å²) in [5.41, 5.74) is 16.3. The van der Waals surface area contributed by atoms with Crippen LogP contribution in [0.1, 0.15) is 92.2 Å². The van der Waals surface area contributed by atoms with Crippen LogP contribution in [0.5, 0.6) is 0 Å². The van der Waals surface area contributed by atoms with E-state index in [0.717, 1.165) is 107 Å². The number of nitrogens with two attached hydrogens (primary N) is 1. The predicted molar refractivity (Wildman–Crippen MR) is 247 cm³/mol. The smallest absolute Gasteiger partial charge is 0.317 e. The van der Waals surface area contributed by atoms with E-state index in [1.54, 1.807) is 12.2 Å². The lowest BCUT2D eigenvalue weighted by Gasteiger charge is -2.27. The van der Waals surface area contributed by atoms with Gasteiger partial charge in [-0.25, -0.2) is 0 Å². The molecule has 2 amide bonds. The highest BCUT2D eigenvalue weighted by molar-refractivity contribution is 6.00. The average molecular weight is 832 g/mol. The first-order valence-electron chi connectivity index (χ1n) is 22.8. The minimum atomic E-state index is -0.798. The van der Waals surface area contributed by atoms with Gasteiger partial charge in [0.1, 0.15) is 0 Å². The largest absolute Gasteiger partial charge is 0.480 e. The standard InChI is InChI=1S/C20H28N2O.C19H25N3O3.C11H16N2/c1-2-22-13-12-17-14-19(10-9-18(17)15-22)21-20(23)11-8-16-6-4-3-5-7-16;23-18(4-1-14-5-8-20-9-6-14)21-17-3-2-16-12-22(13-19(24)25)10-7-15(16)11-17;1-2-13-6-5-9-7-11(12)4-3-10(9)8-13/h8-11,14,16H,2-7,12-13,15H2,1H3,(H,21,23);1-4,11,14,20H,5-10,12-13H2,(H,21,23)(H,24,25);3-4,7H,2,5-6,8,12H2,1H3/b11-8+;4-1+;. The Morgan fingerprint density at radius 2 is 1.10 bits per heavy atom. The van der Waals surface area contributed by atoms with E-state index in [1.165, 1.54) is 66.5 Å². The highest BCUT2D eigenvalue weighted by Crippen LogP contribution is 2.26. The molecule has 4 aliphatic heterocycles. The number of aliphatic carboxylic acids is 1. The molecule has 0 atom stereocenters. The number of likely N-dealkylation sites (N-methyl/N-ethyl adjacent to an activating group) is 2. The van der Waals surface area contributed by atoms with Crippen LogP contribution < -0.4 is 21.7 Å². The molecular formula is C50H69N7O4. The Kier molecular flexibility index (Phi) is 17.5. The van der Waals surface area contributed by atoms with E-state index in [4.69, 9.17) is 10.8 Å². The summed E-state index contributed by atoms with van der Waals surface area (Å²) in [5, 5.41) is 18.2. The van der Waals surface area contributed by atoms with Gasteiger partial charge in [0.15, 0.2) is 0 Å². The lowest BCUT2D eigenvalue weighted by atomic mass is 9.89. The molecule has 11 heteroatoms. The summed E-state index contributed by atoms with van der Waals surface area (Å²) in [7, 11) is 0. The number of benzene rings is 3. The van der Waals surface area contributed by atoms with Gasteiger partial charge in [-0.15, -0.1) is 0 Å². The molecule has 1 saturated carbocycles. The van der Waals surface area contributed by atoms with Gasteiger partial charge in [0, 0.05) is 56.3 Å². The molecule has 6 N–H and O–H groups in total. The molecule has 61 heavy (non-hydrogen) atoms. The van der Waals surface area contributed by atoms with Crippen LogP contribution in [0, 0.1) is 11.8 Å². The summed E-state index contributed by atoms with van der Waals surface area (Å²) in [5.74, 6) is 0.185. The van der Waals surface area contributed by atoms with E-state index in [2.05, 4.69) is 69.9 Å². The van der Waals surface area contributed by atoms with Crippen molar-refractivity contribution in [1.29, 1.82) is 0 Å². The number of amides is 2. The van der Waals surface area contributed by atoms with Gasteiger partial charge in [-0.1, -0.05) is 63.5 Å². The van der Waals surface area contributed by atoms with Gasteiger partial charge in [0.05, 0.1) is 6.54 Å². The Morgan fingerprint density at radius 1 is 0.639 bits per heavy atom. The Labute approximate surface area is 363 Å². The zero-order valence-corrected chi connectivity index (χ0v) is 36.6. The van der Waals surface area contributed by atoms with Crippen LogP contribution >= 0.6 is 0 Å². The summed E-state index contributed by atoms with van der Waals surface area (Å²) in [6.45, 7) is 14.5. The molecule has 0 radical (unpaired) electrons. The zero-order valence-electron chi connectivity index (χ0n) is 36.6. The van der Waals surface area contributed by atoms with Gasteiger partial charge in [0.2, 0.25) is 11.8 Å². The molecule has 1 aliphatic carbocycles. The predicted octanol–water partition coefficient (Wildman–Crippen LogP) is 7.41. The number of piperidine rings is 1. The molecule has 1 saturated heterocycles. The molecule has 0 aromatic heterocycles. The number of anilines is 3. The fraction of sp³-hybridized carbons (Fsp3) is 0.500. The van der Waals surface area contributed by atoms with E-state index in [9.17, 15) is 14.4 Å². The van der Waals surface area contributed by atoms with Crippen LogP contribution in [0.4, 0.5) is 17.1 Å². The first-order chi connectivity index (χ1) is 29.6. The molecule has 4 heterocycles. The normalized spacial score (nSPS) is 18.8. The SMILES string of the molecule is CCN1CCc2cc(N)ccc2C1.CCN1CCc2cc(NC(=O)/C=C/C3CCCCC3)ccc2C1.O=C(O)CN1CCc2cc(NC(=O)/C=C/C3CCNCC3)ccc2C1. The minimum Gasteiger partial charge on any atom is -0.480 e. The molecule has 11 nitrogen and oxygen atoms in total. The van der Waals surface area contributed by atoms with Crippen LogP contribution in [-0.4, -0.2) is 89.9 Å². The summed E-state index contributed by atoms with van der Waals surface area (Å²) in [6.07, 6.45) is 19.1. The number of rotatable bonds is 10. The van der Waals surface area contributed by atoms with Crippen LogP contribution in [0.25, 0.3) is 0 Å². The van der Waals surface area contributed by atoms with E-state index >= 15 is 0 Å². The molecule has 0 spiro atoms. The van der Waals surface area contributed by atoms with Gasteiger partial charge in [0.25, 0.3) is 0 Å². The van der Waals surface area contributed by atoms with Crippen molar-refractivity contribution in [3.63, 3.8) is 0 Å². The number of allylic oxidation sites excluding steroid dienone is 2. The van der Waals surface area contributed by atoms with Gasteiger partial charge in [-0.3, -0.25) is 29.1 Å². The molecule has 3 aromatic carbocycles. The van der Waals surface area contributed by atoms with Crippen molar-refractivity contribution in [3.8, 4) is 0 Å². The number of carboxylic acids is 1. The Bertz CT molecular complexity index is 1980. The lowest BCUT2D eigenvalue weighted by Crippen LogP contribution is -2.34. The molecule has 5 aliphatic rings. The monoisotopic (exact) mass is 832 g/mol.